The Labute approximate surface area is 128 Å². The number of likely N-dealkylation sites (tertiary alicyclic amines) is 1. The second-order valence-corrected chi connectivity index (χ2v) is 7.01. The molecule has 104 valence electrons. The fourth-order valence-corrected chi connectivity index (χ4v) is 4.53. The standard InChI is InChI=1S/C15H20BrClN2/c1-2-15-13-7-18-6-11(13)9-19(15)8-10-3-4-12(17)5-14(10)16/h3-5,11,13,15,18H,2,6-9H2,1H3. The molecule has 3 unspecified atom stereocenters. The minimum atomic E-state index is 0.725. The molecule has 0 saturated carbocycles. The molecule has 2 aliphatic heterocycles. The Morgan fingerprint density at radius 2 is 2.26 bits per heavy atom. The van der Waals surface area contributed by atoms with E-state index in [0.29, 0.717) is 0 Å². The van der Waals surface area contributed by atoms with Gasteiger partial charge in [-0.1, -0.05) is 40.5 Å². The van der Waals surface area contributed by atoms with Gasteiger partial charge in [-0.3, -0.25) is 4.90 Å². The molecule has 0 bridgehead atoms. The van der Waals surface area contributed by atoms with Crippen molar-refractivity contribution in [1.82, 2.24) is 10.2 Å². The average molecular weight is 344 g/mol. The van der Waals surface area contributed by atoms with Gasteiger partial charge in [-0.05, 0) is 49.0 Å². The van der Waals surface area contributed by atoms with Crippen molar-refractivity contribution in [3.8, 4) is 0 Å². The second kappa shape index (κ2) is 5.72. The first-order valence-corrected chi connectivity index (χ1v) is 8.25. The van der Waals surface area contributed by atoms with Crippen molar-refractivity contribution in [3.05, 3.63) is 33.3 Å². The fraction of sp³-hybridized carbons (Fsp3) is 0.600. The van der Waals surface area contributed by atoms with Gasteiger partial charge in [-0.2, -0.15) is 0 Å². The van der Waals surface area contributed by atoms with Gasteiger partial charge in [-0.25, -0.2) is 0 Å². The summed E-state index contributed by atoms with van der Waals surface area (Å²) in [5.41, 5.74) is 1.34. The number of nitrogens with one attached hydrogen (secondary N) is 1. The highest BCUT2D eigenvalue weighted by atomic mass is 79.9. The van der Waals surface area contributed by atoms with Gasteiger partial charge in [0.2, 0.25) is 0 Å². The van der Waals surface area contributed by atoms with Crippen LogP contribution in [0.15, 0.2) is 22.7 Å². The highest BCUT2D eigenvalue weighted by molar-refractivity contribution is 9.10. The Hall–Kier alpha value is -0.0900. The molecule has 19 heavy (non-hydrogen) atoms. The zero-order valence-electron chi connectivity index (χ0n) is 11.2. The summed E-state index contributed by atoms with van der Waals surface area (Å²) < 4.78 is 1.13. The van der Waals surface area contributed by atoms with E-state index in [0.717, 1.165) is 33.9 Å². The average Bonchev–Trinajstić information content (AvgIpc) is 2.92. The molecule has 2 heterocycles. The zero-order chi connectivity index (χ0) is 13.4. The number of rotatable bonds is 3. The number of halogens is 2. The smallest absolute Gasteiger partial charge is 0.0417 e. The first kappa shape index (κ1) is 13.9. The summed E-state index contributed by atoms with van der Waals surface area (Å²) in [6, 6.07) is 6.85. The Bertz CT molecular complexity index is 465. The topological polar surface area (TPSA) is 15.3 Å². The molecule has 0 spiro atoms. The van der Waals surface area contributed by atoms with Gasteiger partial charge in [0.25, 0.3) is 0 Å². The zero-order valence-corrected chi connectivity index (χ0v) is 13.5. The van der Waals surface area contributed by atoms with Crippen LogP contribution in [0.25, 0.3) is 0 Å². The molecule has 1 aromatic carbocycles. The van der Waals surface area contributed by atoms with E-state index in [2.05, 4.69) is 39.1 Å². The van der Waals surface area contributed by atoms with Gasteiger partial charge in [0.1, 0.15) is 0 Å². The molecule has 0 aromatic heterocycles. The highest BCUT2D eigenvalue weighted by Gasteiger charge is 2.42. The van der Waals surface area contributed by atoms with Gasteiger partial charge in [0.15, 0.2) is 0 Å². The predicted molar refractivity (Wildman–Crippen MR) is 83.5 cm³/mol. The van der Waals surface area contributed by atoms with Crippen molar-refractivity contribution in [2.45, 2.75) is 25.9 Å². The molecule has 1 aromatic rings. The van der Waals surface area contributed by atoms with E-state index in [4.69, 9.17) is 11.6 Å². The summed E-state index contributed by atoms with van der Waals surface area (Å²) in [6.07, 6.45) is 1.24. The van der Waals surface area contributed by atoms with Crippen molar-refractivity contribution in [2.24, 2.45) is 11.8 Å². The van der Waals surface area contributed by atoms with Gasteiger partial charge in [0.05, 0.1) is 0 Å². The Morgan fingerprint density at radius 1 is 1.42 bits per heavy atom. The van der Waals surface area contributed by atoms with Crippen molar-refractivity contribution in [1.29, 1.82) is 0 Å². The molecule has 1 N–H and O–H groups in total. The molecular weight excluding hydrogens is 324 g/mol. The van der Waals surface area contributed by atoms with Gasteiger partial charge in [0, 0.05) is 28.6 Å². The van der Waals surface area contributed by atoms with Crippen LogP contribution in [0.1, 0.15) is 18.9 Å². The van der Waals surface area contributed by atoms with Crippen LogP contribution in [0.4, 0.5) is 0 Å². The van der Waals surface area contributed by atoms with E-state index in [1.54, 1.807) is 0 Å². The Balaban J connectivity index is 1.76. The predicted octanol–water partition coefficient (Wildman–Crippen LogP) is 3.53. The largest absolute Gasteiger partial charge is 0.316 e. The monoisotopic (exact) mass is 342 g/mol. The molecule has 2 nitrogen and oxygen atoms in total. The molecule has 2 saturated heterocycles. The third-order valence-electron chi connectivity index (χ3n) is 4.63. The highest BCUT2D eigenvalue weighted by Crippen LogP contribution is 2.36. The molecule has 2 fully saturated rings. The van der Waals surface area contributed by atoms with Crippen LogP contribution < -0.4 is 5.32 Å². The summed E-state index contributed by atoms with van der Waals surface area (Å²) >= 11 is 9.65. The lowest BCUT2D eigenvalue weighted by atomic mass is 9.93. The van der Waals surface area contributed by atoms with Crippen LogP contribution in [0, 0.1) is 11.8 Å². The summed E-state index contributed by atoms with van der Waals surface area (Å²) in [6.45, 7) is 6.96. The Kier molecular flexibility index (Phi) is 4.18. The molecule has 0 amide bonds. The van der Waals surface area contributed by atoms with Crippen LogP contribution >= 0.6 is 27.5 Å². The molecule has 0 aliphatic carbocycles. The minimum absolute atomic E-state index is 0.725. The number of benzene rings is 1. The minimum Gasteiger partial charge on any atom is -0.316 e. The normalized spacial score (nSPS) is 30.8. The van der Waals surface area contributed by atoms with E-state index >= 15 is 0 Å². The summed E-state index contributed by atoms with van der Waals surface area (Å²) in [5.74, 6) is 1.69. The van der Waals surface area contributed by atoms with Crippen molar-refractivity contribution in [3.63, 3.8) is 0 Å². The summed E-state index contributed by atoms with van der Waals surface area (Å²) in [4.78, 5) is 2.66. The molecule has 3 atom stereocenters. The lowest BCUT2D eigenvalue weighted by molar-refractivity contribution is 0.210. The number of hydrogen-bond donors (Lipinski definition) is 1. The lowest BCUT2D eigenvalue weighted by Gasteiger charge is -2.27. The fourth-order valence-electron chi connectivity index (χ4n) is 3.72. The van der Waals surface area contributed by atoms with Crippen molar-refractivity contribution in [2.75, 3.05) is 19.6 Å². The third-order valence-corrected chi connectivity index (χ3v) is 5.60. The first-order chi connectivity index (χ1) is 9.19. The number of fused-ring (bicyclic) bond motifs is 1. The van der Waals surface area contributed by atoms with Crippen LogP contribution in [0.5, 0.6) is 0 Å². The Morgan fingerprint density at radius 3 is 3.00 bits per heavy atom. The van der Waals surface area contributed by atoms with E-state index in [1.807, 2.05) is 12.1 Å². The van der Waals surface area contributed by atoms with Crippen molar-refractivity contribution < 1.29 is 0 Å². The van der Waals surface area contributed by atoms with Crippen LogP contribution in [-0.2, 0) is 6.54 Å². The van der Waals surface area contributed by atoms with E-state index in [1.165, 1.54) is 31.6 Å². The maximum Gasteiger partial charge on any atom is 0.0417 e. The van der Waals surface area contributed by atoms with Gasteiger partial charge in [-0.15, -0.1) is 0 Å². The van der Waals surface area contributed by atoms with Crippen LogP contribution in [0.2, 0.25) is 5.02 Å². The molecule has 0 radical (unpaired) electrons. The van der Waals surface area contributed by atoms with Gasteiger partial charge >= 0.3 is 0 Å². The van der Waals surface area contributed by atoms with Crippen LogP contribution in [-0.4, -0.2) is 30.6 Å². The van der Waals surface area contributed by atoms with Gasteiger partial charge < -0.3 is 5.32 Å². The quantitative estimate of drug-likeness (QED) is 0.903. The molecule has 3 rings (SSSR count). The van der Waals surface area contributed by atoms with Crippen LogP contribution in [0.3, 0.4) is 0 Å². The van der Waals surface area contributed by atoms with E-state index in [-0.39, 0.29) is 0 Å². The maximum absolute atomic E-state index is 6.02. The molecule has 2 aliphatic rings. The summed E-state index contributed by atoms with van der Waals surface area (Å²) in [7, 11) is 0. The lowest BCUT2D eigenvalue weighted by Crippen LogP contribution is -2.34. The number of nitrogens with zero attached hydrogens (tertiary/aromatic N) is 1. The summed E-state index contributed by atoms with van der Waals surface area (Å²) in [5, 5.41) is 4.33. The molecular formula is C15H20BrClN2. The van der Waals surface area contributed by atoms with Crippen molar-refractivity contribution >= 4 is 27.5 Å². The maximum atomic E-state index is 6.02. The van der Waals surface area contributed by atoms with E-state index in [9.17, 15) is 0 Å². The van der Waals surface area contributed by atoms with E-state index < -0.39 is 0 Å². The second-order valence-electron chi connectivity index (χ2n) is 5.72. The SMILES string of the molecule is CCC1C2CNCC2CN1Cc1ccc(Cl)cc1Br. The number of hydrogen-bond acceptors (Lipinski definition) is 2. The first-order valence-electron chi connectivity index (χ1n) is 7.07. The molecule has 4 heteroatoms. The third kappa shape index (κ3) is 2.71.